The van der Waals surface area contributed by atoms with Crippen LogP contribution in [-0.4, -0.2) is 31.5 Å². The third kappa shape index (κ3) is 2.63. The predicted molar refractivity (Wildman–Crippen MR) is 69.2 cm³/mol. The lowest BCUT2D eigenvalue weighted by atomic mass is 9.91. The van der Waals surface area contributed by atoms with Crippen molar-refractivity contribution in [2.24, 2.45) is 0 Å². The summed E-state index contributed by atoms with van der Waals surface area (Å²) < 4.78 is 17.3. The topological polar surface area (TPSA) is 27.7 Å². The van der Waals surface area contributed by atoms with Crippen molar-refractivity contribution in [3.05, 3.63) is 29.3 Å². The number of halogens is 1. The molecular weight excluding hydrogens is 252 g/mol. The second-order valence-electron chi connectivity index (χ2n) is 5.02. The van der Waals surface area contributed by atoms with Crippen molar-refractivity contribution >= 4 is 11.6 Å². The van der Waals surface area contributed by atoms with Crippen molar-refractivity contribution in [1.29, 1.82) is 0 Å². The van der Waals surface area contributed by atoms with Gasteiger partial charge in [-0.1, -0.05) is 17.7 Å². The SMILES string of the molecule is Clc1cccc(OC2CCOC3(CCOC3)C2)c1. The second kappa shape index (κ2) is 5.08. The summed E-state index contributed by atoms with van der Waals surface area (Å²) in [5, 5.41) is 0.707. The quantitative estimate of drug-likeness (QED) is 0.825. The molecule has 0 aliphatic carbocycles. The molecule has 1 spiro atoms. The molecule has 3 nitrogen and oxygen atoms in total. The van der Waals surface area contributed by atoms with Gasteiger partial charge in [-0.3, -0.25) is 0 Å². The fraction of sp³-hybridized carbons (Fsp3) is 0.571. The van der Waals surface area contributed by atoms with E-state index in [0.717, 1.165) is 38.2 Å². The van der Waals surface area contributed by atoms with Crippen LogP contribution in [0.15, 0.2) is 24.3 Å². The largest absolute Gasteiger partial charge is 0.490 e. The van der Waals surface area contributed by atoms with E-state index in [9.17, 15) is 0 Å². The fourth-order valence-electron chi connectivity index (χ4n) is 2.68. The summed E-state index contributed by atoms with van der Waals surface area (Å²) in [5.74, 6) is 0.837. The molecule has 18 heavy (non-hydrogen) atoms. The Morgan fingerprint density at radius 1 is 1.33 bits per heavy atom. The van der Waals surface area contributed by atoms with Gasteiger partial charge in [0.15, 0.2) is 0 Å². The first-order chi connectivity index (χ1) is 8.76. The molecule has 3 rings (SSSR count). The van der Waals surface area contributed by atoms with E-state index in [-0.39, 0.29) is 11.7 Å². The van der Waals surface area contributed by atoms with Gasteiger partial charge in [-0.25, -0.2) is 0 Å². The lowest BCUT2D eigenvalue weighted by Crippen LogP contribution is -2.44. The van der Waals surface area contributed by atoms with Gasteiger partial charge < -0.3 is 14.2 Å². The van der Waals surface area contributed by atoms with Crippen molar-refractivity contribution in [3.63, 3.8) is 0 Å². The highest BCUT2D eigenvalue weighted by Gasteiger charge is 2.41. The molecule has 0 radical (unpaired) electrons. The van der Waals surface area contributed by atoms with Crippen LogP contribution >= 0.6 is 11.6 Å². The second-order valence-corrected chi connectivity index (χ2v) is 5.46. The maximum atomic E-state index is 6.00. The van der Waals surface area contributed by atoms with Gasteiger partial charge in [0.25, 0.3) is 0 Å². The molecule has 2 fully saturated rings. The number of benzene rings is 1. The molecule has 1 aromatic carbocycles. The molecule has 1 aromatic rings. The molecule has 2 aliphatic heterocycles. The first-order valence-corrected chi connectivity index (χ1v) is 6.78. The Morgan fingerprint density at radius 2 is 2.28 bits per heavy atom. The highest BCUT2D eigenvalue weighted by molar-refractivity contribution is 6.30. The van der Waals surface area contributed by atoms with Crippen LogP contribution in [0.5, 0.6) is 5.75 Å². The Morgan fingerprint density at radius 3 is 3.06 bits per heavy atom. The molecule has 2 unspecified atom stereocenters. The minimum Gasteiger partial charge on any atom is -0.490 e. The summed E-state index contributed by atoms with van der Waals surface area (Å²) in [7, 11) is 0. The summed E-state index contributed by atoms with van der Waals surface area (Å²) in [6.45, 7) is 2.24. The summed E-state index contributed by atoms with van der Waals surface area (Å²) in [4.78, 5) is 0. The minimum atomic E-state index is -0.110. The summed E-state index contributed by atoms with van der Waals surface area (Å²) in [6.07, 6.45) is 3.00. The fourth-order valence-corrected chi connectivity index (χ4v) is 2.86. The van der Waals surface area contributed by atoms with Gasteiger partial charge in [0.1, 0.15) is 11.9 Å². The summed E-state index contributed by atoms with van der Waals surface area (Å²) >= 11 is 5.96. The normalized spacial score (nSPS) is 31.7. The maximum absolute atomic E-state index is 6.00. The lowest BCUT2D eigenvalue weighted by Gasteiger charge is -2.37. The summed E-state index contributed by atoms with van der Waals surface area (Å²) in [5.41, 5.74) is -0.110. The van der Waals surface area contributed by atoms with E-state index in [1.807, 2.05) is 24.3 Å². The zero-order valence-corrected chi connectivity index (χ0v) is 11.0. The van der Waals surface area contributed by atoms with Crippen LogP contribution in [0, 0.1) is 0 Å². The van der Waals surface area contributed by atoms with Gasteiger partial charge in [0.05, 0.1) is 18.8 Å². The average Bonchev–Trinajstić information content (AvgIpc) is 2.77. The lowest BCUT2D eigenvalue weighted by molar-refractivity contribution is -0.112. The Bertz CT molecular complexity index is 415. The van der Waals surface area contributed by atoms with Crippen molar-refractivity contribution in [2.75, 3.05) is 19.8 Å². The number of ether oxygens (including phenoxy) is 3. The van der Waals surface area contributed by atoms with Crippen molar-refractivity contribution < 1.29 is 14.2 Å². The van der Waals surface area contributed by atoms with E-state index in [1.54, 1.807) is 0 Å². The molecule has 0 aromatic heterocycles. The molecule has 2 heterocycles. The third-order valence-electron chi connectivity index (χ3n) is 3.61. The van der Waals surface area contributed by atoms with Crippen LogP contribution in [0.4, 0.5) is 0 Å². The van der Waals surface area contributed by atoms with E-state index in [1.165, 1.54) is 0 Å². The molecule has 0 N–H and O–H groups in total. The molecule has 0 amide bonds. The predicted octanol–water partition coefficient (Wildman–Crippen LogP) is 3.06. The first kappa shape index (κ1) is 12.3. The zero-order valence-electron chi connectivity index (χ0n) is 10.2. The van der Waals surface area contributed by atoms with Crippen molar-refractivity contribution in [1.82, 2.24) is 0 Å². The van der Waals surface area contributed by atoms with Crippen LogP contribution in [-0.2, 0) is 9.47 Å². The van der Waals surface area contributed by atoms with Crippen LogP contribution in [0.2, 0.25) is 5.02 Å². The Balaban J connectivity index is 1.66. The van der Waals surface area contributed by atoms with Gasteiger partial charge in [0.2, 0.25) is 0 Å². The van der Waals surface area contributed by atoms with E-state index in [2.05, 4.69) is 0 Å². The van der Waals surface area contributed by atoms with Crippen molar-refractivity contribution in [3.8, 4) is 5.75 Å². The third-order valence-corrected chi connectivity index (χ3v) is 3.85. The van der Waals surface area contributed by atoms with Crippen LogP contribution in [0.25, 0.3) is 0 Å². The monoisotopic (exact) mass is 268 g/mol. The zero-order chi connectivity index (χ0) is 12.4. The van der Waals surface area contributed by atoms with Crippen LogP contribution in [0.3, 0.4) is 0 Å². The maximum Gasteiger partial charge on any atom is 0.121 e. The van der Waals surface area contributed by atoms with Gasteiger partial charge in [-0.15, -0.1) is 0 Å². The molecule has 0 bridgehead atoms. The average molecular weight is 269 g/mol. The number of hydrogen-bond acceptors (Lipinski definition) is 3. The summed E-state index contributed by atoms with van der Waals surface area (Å²) in [6, 6.07) is 7.56. The van der Waals surface area contributed by atoms with E-state index < -0.39 is 0 Å². The van der Waals surface area contributed by atoms with Gasteiger partial charge in [-0.05, 0) is 18.2 Å². The van der Waals surface area contributed by atoms with Crippen LogP contribution < -0.4 is 4.74 Å². The minimum absolute atomic E-state index is 0.110. The standard InChI is InChI=1S/C14H17ClO3/c15-11-2-1-3-12(8-11)18-13-4-6-17-14(9-13)5-7-16-10-14/h1-3,8,13H,4-7,9-10H2. The molecule has 2 saturated heterocycles. The molecule has 98 valence electrons. The van der Waals surface area contributed by atoms with E-state index >= 15 is 0 Å². The molecular formula is C14H17ClO3. The Labute approximate surface area is 112 Å². The Kier molecular flexibility index (Phi) is 3.46. The van der Waals surface area contributed by atoms with Gasteiger partial charge in [0, 0.05) is 30.9 Å². The first-order valence-electron chi connectivity index (χ1n) is 6.40. The highest BCUT2D eigenvalue weighted by Crippen LogP contribution is 2.34. The smallest absolute Gasteiger partial charge is 0.121 e. The van der Waals surface area contributed by atoms with Gasteiger partial charge in [-0.2, -0.15) is 0 Å². The van der Waals surface area contributed by atoms with Gasteiger partial charge >= 0.3 is 0 Å². The molecule has 2 atom stereocenters. The van der Waals surface area contributed by atoms with Crippen LogP contribution in [0.1, 0.15) is 19.3 Å². The molecule has 0 saturated carbocycles. The van der Waals surface area contributed by atoms with E-state index in [4.69, 9.17) is 25.8 Å². The number of hydrogen-bond donors (Lipinski definition) is 0. The van der Waals surface area contributed by atoms with Crippen molar-refractivity contribution in [2.45, 2.75) is 31.0 Å². The number of rotatable bonds is 2. The van der Waals surface area contributed by atoms with E-state index in [0.29, 0.717) is 11.6 Å². The molecule has 2 aliphatic rings. The molecule has 4 heteroatoms. The highest BCUT2D eigenvalue weighted by atomic mass is 35.5. The Hall–Kier alpha value is -0.770.